The molecule has 2 rings (SSSR count). The summed E-state index contributed by atoms with van der Waals surface area (Å²) in [6, 6.07) is 0. The van der Waals surface area contributed by atoms with Crippen molar-refractivity contribution in [2.45, 2.75) is 72.9 Å². The predicted molar refractivity (Wildman–Crippen MR) is 91.0 cm³/mol. The lowest BCUT2D eigenvalue weighted by molar-refractivity contribution is 0.127. The van der Waals surface area contributed by atoms with Gasteiger partial charge < -0.3 is 0 Å². The molecule has 0 N–H and O–H groups in total. The lowest BCUT2D eigenvalue weighted by atomic mass is 9.86. The van der Waals surface area contributed by atoms with E-state index in [0.717, 1.165) is 6.42 Å². The molecule has 0 saturated heterocycles. The van der Waals surface area contributed by atoms with E-state index in [-0.39, 0.29) is 16.5 Å². The van der Waals surface area contributed by atoms with Crippen LogP contribution < -0.4 is 0 Å². The fourth-order valence-corrected chi connectivity index (χ4v) is 3.15. The van der Waals surface area contributed by atoms with E-state index in [1.165, 1.54) is 11.1 Å². The van der Waals surface area contributed by atoms with E-state index in [2.05, 4.69) is 77.8 Å². The second-order valence-corrected chi connectivity index (χ2v) is 7.03. The molecule has 0 bridgehead atoms. The van der Waals surface area contributed by atoms with Gasteiger partial charge in [0.25, 0.3) is 0 Å². The number of hydrogen-bond donors (Lipinski definition) is 0. The average molecular weight is 275 g/mol. The molecule has 1 aliphatic carbocycles. The quantitative estimate of drug-likeness (QED) is 0.623. The molecule has 2 aliphatic rings. The van der Waals surface area contributed by atoms with Crippen LogP contribution in [0.5, 0.6) is 0 Å². The summed E-state index contributed by atoms with van der Waals surface area (Å²) < 4.78 is 0. The molecule has 0 unspecified atom stereocenters. The van der Waals surface area contributed by atoms with Gasteiger partial charge in [-0.05, 0) is 52.3 Å². The van der Waals surface area contributed by atoms with E-state index in [9.17, 15) is 0 Å². The highest BCUT2D eigenvalue weighted by molar-refractivity contribution is 5.52. The minimum Gasteiger partial charge on any atom is -0.288 e. The van der Waals surface area contributed by atoms with Crippen LogP contribution in [-0.2, 0) is 0 Å². The van der Waals surface area contributed by atoms with Gasteiger partial charge in [0, 0.05) is 16.5 Å². The molecule has 0 aromatic heterocycles. The number of rotatable bonds is 1. The Morgan fingerprint density at radius 1 is 0.850 bits per heavy atom. The van der Waals surface area contributed by atoms with Crippen molar-refractivity contribution in [2.24, 2.45) is 5.41 Å². The molecule has 0 amide bonds. The van der Waals surface area contributed by atoms with Crippen LogP contribution in [0.3, 0.4) is 0 Å². The van der Waals surface area contributed by atoms with Crippen molar-refractivity contribution in [1.29, 1.82) is 0 Å². The van der Waals surface area contributed by atoms with E-state index in [1.54, 1.807) is 0 Å². The molecule has 0 fully saturated rings. The zero-order valence-corrected chi connectivity index (χ0v) is 15.0. The number of allylic oxidation sites excluding steroid dienone is 2. The molecule has 0 aromatic rings. The summed E-state index contributed by atoms with van der Waals surface area (Å²) in [4.78, 5) is 2.48. The fraction of sp³-hybridized carbons (Fsp3) is 0.684. The molecule has 114 valence electrons. The number of likely N-dealkylation sites (N-methyl/N-ethyl adjacent to an activating group) is 1. The first kappa shape index (κ1) is 17.2. The van der Waals surface area contributed by atoms with E-state index in [1.807, 2.05) is 13.8 Å². The molecule has 0 aromatic carbocycles. The SMILES string of the molecule is CC.CCC1(C)C=CC2=C(C=C1)C(C)(C)N(C)C2(C)C. The Balaban J connectivity index is 0.000000956. The minimum atomic E-state index is 0.110. The predicted octanol–water partition coefficient (Wildman–Crippen LogP) is 5.35. The average Bonchev–Trinajstić information content (AvgIpc) is 2.57. The lowest BCUT2D eigenvalue weighted by Crippen LogP contribution is -2.48. The van der Waals surface area contributed by atoms with Gasteiger partial charge >= 0.3 is 0 Å². The first-order valence-electron chi connectivity index (χ1n) is 8.03. The molecular formula is C19H33N. The van der Waals surface area contributed by atoms with Gasteiger partial charge in [-0.15, -0.1) is 0 Å². The van der Waals surface area contributed by atoms with Crippen LogP contribution in [0.25, 0.3) is 0 Å². The second kappa shape index (κ2) is 5.52. The molecule has 1 aliphatic heterocycles. The van der Waals surface area contributed by atoms with Crippen molar-refractivity contribution >= 4 is 0 Å². The Morgan fingerprint density at radius 3 is 1.50 bits per heavy atom. The highest BCUT2D eigenvalue weighted by atomic mass is 15.2. The minimum absolute atomic E-state index is 0.110. The maximum atomic E-state index is 2.48. The monoisotopic (exact) mass is 275 g/mol. The Morgan fingerprint density at radius 2 is 1.20 bits per heavy atom. The second-order valence-electron chi connectivity index (χ2n) is 7.03. The van der Waals surface area contributed by atoms with Gasteiger partial charge in [0.05, 0.1) is 0 Å². The highest BCUT2D eigenvalue weighted by Gasteiger charge is 2.47. The summed E-state index contributed by atoms with van der Waals surface area (Å²) >= 11 is 0. The summed E-state index contributed by atoms with van der Waals surface area (Å²) in [5.41, 5.74) is 3.37. The molecule has 1 heterocycles. The summed E-state index contributed by atoms with van der Waals surface area (Å²) in [7, 11) is 2.23. The van der Waals surface area contributed by atoms with Crippen molar-refractivity contribution in [3.63, 3.8) is 0 Å². The van der Waals surface area contributed by atoms with Gasteiger partial charge in [0.2, 0.25) is 0 Å². The van der Waals surface area contributed by atoms with Crippen molar-refractivity contribution in [1.82, 2.24) is 4.90 Å². The summed E-state index contributed by atoms with van der Waals surface area (Å²) in [5.74, 6) is 0. The lowest BCUT2D eigenvalue weighted by Gasteiger charge is -2.39. The molecule has 0 saturated carbocycles. The van der Waals surface area contributed by atoms with Crippen LogP contribution in [0, 0.1) is 5.41 Å². The normalized spacial score (nSPS) is 25.9. The topological polar surface area (TPSA) is 3.24 Å². The molecule has 0 spiro atoms. The third kappa shape index (κ3) is 2.53. The highest BCUT2D eigenvalue weighted by Crippen LogP contribution is 2.47. The largest absolute Gasteiger partial charge is 0.288 e. The van der Waals surface area contributed by atoms with Crippen molar-refractivity contribution in [3.8, 4) is 0 Å². The van der Waals surface area contributed by atoms with Gasteiger partial charge in [-0.3, -0.25) is 4.90 Å². The zero-order chi connectivity index (χ0) is 15.8. The molecule has 1 nitrogen and oxygen atoms in total. The van der Waals surface area contributed by atoms with Gasteiger partial charge in [0.15, 0.2) is 0 Å². The Bertz CT molecular complexity index is 410. The van der Waals surface area contributed by atoms with Crippen molar-refractivity contribution in [3.05, 3.63) is 35.5 Å². The maximum Gasteiger partial charge on any atom is 0.0413 e. The van der Waals surface area contributed by atoms with Crippen LogP contribution in [0.4, 0.5) is 0 Å². The van der Waals surface area contributed by atoms with Gasteiger partial charge in [-0.25, -0.2) is 0 Å². The van der Waals surface area contributed by atoms with Crippen LogP contribution in [0.2, 0.25) is 0 Å². The van der Waals surface area contributed by atoms with E-state index >= 15 is 0 Å². The first-order valence-corrected chi connectivity index (χ1v) is 8.03. The molecule has 20 heavy (non-hydrogen) atoms. The number of hydrogen-bond acceptors (Lipinski definition) is 1. The van der Waals surface area contributed by atoms with E-state index in [4.69, 9.17) is 0 Å². The van der Waals surface area contributed by atoms with E-state index in [0.29, 0.717) is 0 Å². The molecule has 0 radical (unpaired) electrons. The van der Waals surface area contributed by atoms with Gasteiger partial charge in [-0.1, -0.05) is 52.0 Å². The molecule has 1 heteroatoms. The maximum absolute atomic E-state index is 2.48. The first-order chi connectivity index (χ1) is 9.15. The molecule has 0 atom stereocenters. The zero-order valence-electron chi connectivity index (χ0n) is 15.0. The van der Waals surface area contributed by atoms with E-state index < -0.39 is 0 Å². The van der Waals surface area contributed by atoms with Crippen LogP contribution in [-0.4, -0.2) is 23.0 Å². The Kier molecular flexibility index (Phi) is 4.76. The summed E-state index contributed by atoms with van der Waals surface area (Å²) in [6.45, 7) is 17.9. The third-order valence-electron chi connectivity index (χ3n) is 5.31. The summed E-state index contributed by atoms with van der Waals surface area (Å²) in [5, 5.41) is 0. The Labute approximate surface area is 126 Å². The van der Waals surface area contributed by atoms with Crippen molar-refractivity contribution in [2.75, 3.05) is 7.05 Å². The van der Waals surface area contributed by atoms with Gasteiger partial charge in [-0.2, -0.15) is 0 Å². The van der Waals surface area contributed by atoms with Crippen LogP contribution >= 0.6 is 0 Å². The van der Waals surface area contributed by atoms with Crippen LogP contribution in [0.1, 0.15) is 61.8 Å². The fourth-order valence-electron chi connectivity index (χ4n) is 3.15. The third-order valence-corrected chi connectivity index (χ3v) is 5.31. The number of nitrogens with zero attached hydrogens (tertiary/aromatic N) is 1. The molecular weight excluding hydrogens is 242 g/mol. The summed E-state index contributed by atoms with van der Waals surface area (Å²) in [6.07, 6.45) is 10.6. The Hall–Kier alpha value is -0.820. The van der Waals surface area contributed by atoms with Crippen molar-refractivity contribution < 1.29 is 0 Å². The smallest absolute Gasteiger partial charge is 0.0413 e. The van der Waals surface area contributed by atoms with Crippen LogP contribution in [0.15, 0.2) is 35.5 Å². The van der Waals surface area contributed by atoms with Gasteiger partial charge in [0.1, 0.15) is 0 Å². The standard InChI is InChI=1S/C17H27N.C2H6/c1-8-17(6)11-9-13-14(10-12-17)16(4,5)18(7)15(13,2)3;1-2/h9-12H,8H2,1-7H3;1-2H3.